The van der Waals surface area contributed by atoms with Crippen molar-refractivity contribution in [2.75, 3.05) is 0 Å². The normalized spacial score (nSPS) is 30.6. The van der Waals surface area contributed by atoms with Crippen LogP contribution in [0.3, 0.4) is 0 Å². The number of carboxylic acids is 1. The van der Waals surface area contributed by atoms with Crippen LogP contribution in [0.4, 0.5) is 4.79 Å². The fourth-order valence-corrected chi connectivity index (χ4v) is 2.79. The van der Waals surface area contributed by atoms with E-state index in [1.54, 1.807) is 6.92 Å². The summed E-state index contributed by atoms with van der Waals surface area (Å²) in [5.74, 6) is -0.394. The first-order chi connectivity index (χ1) is 8.43. The van der Waals surface area contributed by atoms with Gasteiger partial charge in [0.25, 0.3) is 0 Å². The average molecular weight is 254 g/mol. The predicted octanol–water partition coefficient (Wildman–Crippen LogP) is 1.73. The summed E-state index contributed by atoms with van der Waals surface area (Å²) in [4.78, 5) is 23.2. The third-order valence-electron chi connectivity index (χ3n) is 4.39. The fraction of sp³-hybridized carbons (Fsp3) is 0.846. The molecule has 5 nitrogen and oxygen atoms in total. The molecule has 3 atom stereocenters. The quantitative estimate of drug-likeness (QED) is 0.715. The monoisotopic (exact) mass is 254 g/mol. The Morgan fingerprint density at radius 2 is 1.89 bits per heavy atom. The summed E-state index contributed by atoms with van der Waals surface area (Å²) in [6.45, 7) is 3.72. The largest absolute Gasteiger partial charge is 0.480 e. The Balaban J connectivity index is 1.91. The van der Waals surface area contributed by atoms with Crippen molar-refractivity contribution in [1.82, 2.24) is 10.6 Å². The van der Waals surface area contributed by atoms with E-state index in [0.717, 1.165) is 32.1 Å². The van der Waals surface area contributed by atoms with Crippen LogP contribution in [0, 0.1) is 11.8 Å². The molecule has 0 radical (unpaired) electrons. The fourth-order valence-electron chi connectivity index (χ4n) is 2.79. The topological polar surface area (TPSA) is 78.4 Å². The molecular formula is C13H22N2O3. The number of nitrogens with one attached hydrogen (secondary N) is 2. The lowest BCUT2D eigenvalue weighted by Crippen LogP contribution is -2.58. The molecule has 102 valence electrons. The SMILES string of the molecule is CC1CCCC1NC(=O)NC(C)(C(=O)O)C1CC1. The van der Waals surface area contributed by atoms with Crippen LogP contribution in [0.1, 0.15) is 46.0 Å². The van der Waals surface area contributed by atoms with Crippen molar-refractivity contribution < 1.29 is 14.7 Å². The van der Waals surface area contributed by atoms with Crippen molar-refractivity contribution in [2.45, 2.75) is 57.5 Å². The van der Waals surface area contributed by atoms with Crippen LogP contribution in [0.2, 0.25) is 0 Å². The molecule has 0 heterocycles. The van der Waals surface area contributed by atoms with Crippen molar-refractivity contribution >= 4 is 12.0 Å². The van der Waals surface area contributed by atoms with Crippen molar-refractivity contribution in [3.63, 3.8) is 0 Å². The van der Waals surface area contributed by atoms with E-state index in [0.29, 0.717) is 5.92 Å². The Morgan fingerprint density at radius 3 is 2.33 bits per heavy atom. The second-order valence-corrected chi connectivity index (χ2v) is 5.89. The molecule has 0 aliphatic heterocycles. The molecule has 18 heavy (non-hydrogen) atoms. The summed E-state index contributed by atoms with van der Waals surface area (Å²) < 4.78 is 0. The molecule has 5 heteroatoms. The van der Waals surface area contributed by atoms with Gasteiger partial charge in [-0.3, -0.25) is 0 Å². The summed E-state index contributed by atoms with van der Waals surface area (Å²) in [6, 6.07) is -0.159. The smallest absolute Gasteiger partial charge is 0.329 e. The number of amides is 2. The van der Waals surface area contributed by atoms with E-state index in [9.17, 15) is 14.7 Å². The highest BCUT2D eigenvalue weighted by molar-refractivity contribution is 5.86. The molecule has 0 bridgehead atoms. The summed E-state index contributed by atoms with van der Waals surface area (Å²) in [7, 11) is 0. The van der Waals surface area contributed by atoms with E-state index in [1.165, 1.54) is 0 Å². The highest BCUT2D eigenvalue weighted by Gasteiger charge is 2.48. The molecule has 2 amide bonds. The van der Waals surface area contributed by atoms with Crippen LogP contribution >= 0.6 is 0 Å². The number of urea groups is 1. The minimum atomic E-state index is -1.12. The van der Waals surface area contributed by atoms with Gasteiger partial charge >= 0.3 is 12.0 Å². The Morgan fingerprint density at radius 1 is 1.22 bits per heavy atom. The van der Waals surface area contributed by atoms with Gasteiger partial charge in [-0.2, -0.15) is 0 Å². The van der Waals surface area contributed by atoms with E-state index < -0.39 is 11.5 Å². The molecule has 3 unspecified atom stereocenters. The molecule has 2 fully saturated rings. The second kappa shape index (κ2) is 4.78. The van der Waals surface area contributed by atoms with Gasteiger partial charge in [-0.15, -0.1) is 0 Å². The minimum Gasteiger partial charge on any atom is -0.480 e. The molecule has 2 saturated carbocycles. The third-order valence-corrected chi connectivity index (χ3v) is 4.39. The van der Waals surface area contributed by atoms with Crippen molar-refractivity contribution in [3.05, 3.63) is 0 Å². The number of carboxylic acid groups (broad SMARTS) is 1. The van der Waals surface area contributed by atoms with Crippen molar-refractivity contribution in [3.8, 4) is 0 Å². The summed E-state index contributed by atoms with van der Waals surface area (Å²) >= 11 is 0. The van der Waals surface area contributed by atoms with Gasteiger partial charge in [0.05, 0.1) is 0 Å². The van der Waals surface area contributed by atoms with Gasteiger partial charge in [-0.1, -0.05) is 13.3 Å². The highest BCUT2D eigenvalue weighted by Crippen LogP contribution is 2.39. The van der Waals surface area contributed by atoms with E-state index >= 15 is 0 Å². The zero-order chi connectivity index (χ0) is 13.3. The van der Waals surface area contributed by atoms with Gasteiger partial charge in [0, 0.05) is 6.04 Å². The number of aliphatic carboxylic acids is 1. The maximum atomic E-state index is 11.9. The zero-order valence-electron chi connectivity index (χ0n) is 11.0. The number of rotatable bonds is 4. The van der Waals surface area contributed by atoms with Crippen LogP contribution in [-0.4, -0.2) is 28.7 Å². The van der Waals surface area contributed by atoms with Crippen LogP contribution in [0.15, 0.2) is 0 Å². The number of hydrogen-bond acceptors (Lipinski definition) is 2. The van der Waals surface area contributed by atoms with E-state index in [1.807, 2.05) is 0 Å². The van der Waals surface area contributed by atoms with E-state index in [2.05, 4.69) is 17.6 Å². The number of carbonyl (C=O) groups is 2. The standard InChI is InChI=1S/C13H22N2O3/c1-8-4-3-5-10(8)14-12(18)15-13(2,11(16)17)9-6-7-9/h8-10H,3-7H2,1-2H3,(H,16,17)(H2,14,15,18). The Hall–Kier alpha value is -1.26. The molecule has 0 spiro atoms. The first-order valence-corrected chi connectivity index (χ1v) is 6.75. The maximum Gasteiger partial charge on any atom is 0.329 e. The van der Waals surface area contributed by atoms with Crippen LogP contribution in [0.5, 0.6) is 0 Å². The molecule has 3 N–H and O–H groups in total. The second-order valence-electron chi connectivity index (χ2n) is 5.89. The molecule has 2 aliphatic carbocycles. The lowest BCUT2D eigenvalue weighted by Gasteiger charge is -2.28. The highest BCUT2D eigenvalue weighted by atomic mass is 16.4. The predicted molar refractivity (Wildman–Crippen MR) is 67.2 cm³/mol. The number of hydrogen-bond donors (Lipinski definition) is 3. The van der Waals surface area contributed by atoms with E-state index in [-0.39, 0.29) is 18.0 Å². The molecule has 0 aromatic carbocycles. The van der Waals surface area contributed by atoms with E-state index in [4.69, 9.17) is 0 Å². The summed E-state index contributed by atoms with van der Waals surface area (Å²) in [5.41, 5.74) is -1.12. The lowest BCUT2D eigenvalue weighted by molar-refractivity contribution is -0.144. The zero-order valence-corrected chi connectivity index (χ0v) is 11.0. The van der Waals surface area contributed by atoms with Crippen LogP contribution in [0.25, 0.3) is 0 Å². The van der Waals surface area contributed by atoms with Crippen molar-refractivity contribution in [1.29, 1.82) is 0 Å². The third kappa shape index (κ3) is 2.60. The molecule has 0 saturated heterocycles. The molecule has 2 aliphatic rings. The molecule has 2 rings (SSSR count). The Bertz CT molecular complexity index is 354. The number of carbonyl (C=O) groups excluding carboxylic acids is 1. The first kappa shape index (κ1) is 13.2. The Labute approximate surface area is 107 Å². The Kier molecular flexibility index (Phi) is 3.50. The summed E-state index contributed by atoms with van der Waals surface area (Å²) in [6.07, 6.45) is 5.00. The molecule has 0 aromatic rings. The summed E-state index contributed by atoms with van der Waals surface area (Å²) in [5, 5.41) is 14.8. The van der Waals surface area contributed by atoms with Crippen LogP contribution in [-0.2, 0) is 4.79 Å². The van der Waals surface area contributed by atoms with Gasteiger partial charge in [0.2, 0.25) is 0 Å². The van der Waals surface area contributed by atoms with Gasteiger partial charge in [-0.05, 0) is 44.4 Å². The van der Waals surface area contributed by atoms with Crippen LogP contribution < -0.4 is 10.6 Å². The first-order valence-electron chi connectivity index (χ1n) is 6.75. The van der Waals surface area contributed by atoms with Gasteiger partial charge in [0.15, 0.2) is 0 Å². The average Bonchev–Trinajstić information content (AvgIpc) is 3.06. The minimum absolute atomic E-state index is 0.0711. The molecular weight excluding hydrogens is 232 g/mol. The molecule has 0 aromatic heterocycles. The van der Waals surface area contributed by atoms with Gasteiger partial charge in [0.1, 0.15) is 5.54 Å². The van der Waals surface area contributed by atoms with Gasteiger partial charge in [-0.25, -0.2) is 9.59 Å². The maximum absolute atomic E-state index is 11.9. The van der Waals surface area contributed by atoms with Gasteiger partial charge < -0.3 is 15.7 Å². The lowest BCUT2D eigenvalue weighted by atomic mass is 9.96. The van der Waals surface area contributed by atoms with Crippen molar-refractivity contribution in [2.24, 2.45) is 11.8 Å².